The minimum Gasteiger partial charge on any atom is -0.409 e. The number of nitrogens with zero attached hydrogens (tertiary/aromatic N) is 4. The topological polar surface area (TPSA) is 92.4 Å². The first-order chi connectivity index (χ1) is 12.8. The molecule has 2 rings (SSSR count). The molecule has 7 nitrogen and oxygen atoms in total. The average molecular weight is 409 g/mol. The predicted octanol–water partition coefficient (Wildman–Crippen LogP) is 3.46. The maximum absolute atomic E-state index is 12.9. The van der Waals surface area contributed by atoms with Gasteiger partial charge in [0.15, 0.2) is 11.7 Å². The molecule has 0 saturated carbocycles. The Kier molecular flexibility index (Phi) is 5.66. The molecule has 2 aromatic rings. The summed E-state index contributed by atoms with van der Waals surface area (Å²) in [6.07, 6.45) is -9.08. The van der Waals surface area contributed by atoms with Crippen molar-refractivity contribution in [1.29, 1.82) is 0 Å². The van der Waals surface area contributed by atoms with Crippen LogP contribution in [0.15, 0.2) is 29.7 Å². The monoisotopic (exact) mass is 409 g/mol. The number of oxime groups is 1. The van der Waals surface area contributed by atoms with Gasteiger partial charge in [-0.15, -0.1) is 0 Å². The predicted molar refractivity (Wildman–Crippen MR) is 82.6 cm³/mol. The van der Waals surface area contributed by atoms with Crippen molar-refractivity contribution < 1.29 is 36.3 Å². The number of carbonyl (C=O) groups is 1. The Morgan fingerprint density at radius 1 is 1.14 bits per heavy atom. The molecule has 1 unspecified atom stereocenters. The van der Waals surface area contributed by atoms with Crippen LogP contribution in [0.4, 0.5) is 26.3 Å². The third kappa shape index (κ3) is 4.58. The normalized spacial score (nSPS) is 14.1. The molecule has 0 spiro atoms. The van der Waals surface area contributed by atoms with Crippen molar-refractivity contribution in [2.75, 3.05) is 0 Å². The van der Waals surface area contributed by atoms with Gasteiger partial charge in [0.05, 0.1) is 17.2 Å². The summed E-state index contributed by atoms with van der Waals surface area (Å²) in [5.74, 6) is -1.16. The lowest BCUT2D eigenvalue weighted by molar-refractivity contribution is -0.143. The SMILES string of the molecule is C/C(=N\O)n1ncnc1C(C)NC(=O)c1cc(C(F)(F)F)cc(C(F)(F)F)c1. The van der Waals surface area contributed by atoms with Crippen molar-refractivity contribution in [3.8, 4) is 0 Å². The molecule has 0 aliphatic carbocycles. The number of nitrogens with one attached hydrogen (secondary N) is 1. The van der Waals surface area contributed by atoms with E-state index in [4.69, 9.17) is 5.21 Å². The highest BCUT2D eigenvalue weighted by molar-refractivity contribution is 5.95. The molecule has 1 atom stereocenters. The van der Waals surface area contributed by atoms with Gasteiger partial charge in [-0.3, -0.25) is 4.79 Å². The second-order valence-corrected chi connectivity index (χ2v) is 5.67. The largest absolute Gasteiger partial charge is 0.416 e. The molecule has 1 heterocycles. The van der Waals surface area contributed by atoms with Crippen molar-refractivity contribution in [2.24, 2.45) is 5.16 Å². The van der Waals surface area contributed by atoms with Crippen LogP contribution in [0.25, 0.3) is 0 Å². The second-order valence-electron chi connectivity index (χ2n) is 5.67. The van der Waals surface area contributed by atoms with Gasteiger partial charge in [-0.2, -0.15) is 36.1 Å². The third-order valence-corrected chi connectivity index (χ3v) is 3.61. The number of benzene rings is 1. The van der Waals surface area contributed by atoms with Crippen LogP contribution < -0.4 is 5.32 Å². The van der Waals surface area contributed by atoms with E-state index in [1.807, 2.05) is 0 Å². The molecular weight excluding hydrogens is 396 g/mol. The van der Waals surface area contributed by atoms with Crippen molar-refractivity contribution >= 4 is 11.7 Å². The molecule has 0 bridgehead atoms. The van der Waals surface area contributed by atoms with E-state index in [-0.39, 0.29) is 17.7 Å². The van der Waals surface area contributed by atoms with Gasteiger partial charge < -0.3 is 10.5 Å². The van der Waals surface area contributed by atoms with Crippen LogP contribution >= 0.6 is 0 Å². The zero-order valence-corrected chi connectivity index (χ0v) is 14.3. The fourth-order valence-electron chi connectivity index (χ4n) is 2.27. The number of amides is 1. The Morgan fingerprint density at radius 3 is 2.14 bits per heavy atom. The number of aromatic nitrogens is 3. The molecule has 28 heavy (non-hydrogen) atoms. The van der Waals surface area contributed by atoms with E-state index >= 15 is 0 Å². The Bertz CT molecular complexity index is 871. The van der Waals surface area contributed by atoms with Gasteiger partial charge in [0.1, 0.15) is 6.33 Å². The van der Waals surface area contributed by atoms with Crippen molar-refractivity contribution in [3.63, 3.8) is 0 Å². The molecule has 0 saturated heterocycles. The van der Waals surface area contributed by atoms with Crippen LogP contribution in [-0.2, 0) is 12.4 Å². The Morgan fingerprint density at radius 2 is 1.68 bits per heavy atom. The van der Waals surface area contributed by atoms with E-state index in [1.54, 1.807) is 0 Å². The summed E-state index contributed by atoms with van der Waals surface area (Å²) in [6.45, 7) is 2.73. The van der Waals surface area contributed by atoms with E-state index in [0.717, 1.165) is 11.0 Å². The molecular formula is C15H13F6N5O2. The number of carbonyl (C=O) groups excluding carboxylic acids is 1. The van der Waals surface area contributed by atoms with Gasteiger partial charge in [0.25, 0.3) is 5.91 Å². The van der Waals surface area contributed by atoms with E-state index in [2.05, 4.69) is 20.6 Å². The van der Waals surface area contributed by atoms with Gasteiger partial charge in [0.2, 0.25) is 0 Å². The highest BCUT2D eigenvalue weighted by Crippen LogP contribution is 2.36. The molecule has 1 aromatic carbocycles. The number of hydrogen-bond donors (Lipinski definition) is 2. The molecule has 0 aliphatic heterocycles. The Hall–Kier alpha value is -3.12. The van der Waals surface area contributed by atoms with Crippen LogP contribution in [0.2, 0.25) is 0 Å². The molecule has 1 aromatic heterocycles. The fourth-order valence-corrected chi connectivity index (χ4v) is 2.27. The number of rotatable bonds is 3. The fraction of sp³-hybridized carbons (Fsp3) is 0.333. The van der Waals surface area contributed by atoms with Crippen LogP contribution in [-0.4, -0.2) is 31.7 Å². The summed E-state index contributed by atoms with van der Waals surface area (Å²) in [5, 5.41) is 17.7. The van der Waals surface area contributed by atoms with Crippen molar-refractivity contribution in [2.45, 2.75) is 32.2 Å². The summed E-state index contributed by atoms with van der Waals surface area (Å²) in [4.78, 5) is 16.1. The van der Waals surface area contributed by atoms with E-state index < -0.39 is 41.0 Å². The van der Waals surface area contributed by atoms with Crippen LogP contribution in [0.3, 0.4) is 0 Å². The highest BCUT2D eigenvalue weighted by Gasteiger charge is 2.37. The van der Waals surface area contributed by atoms with Crippen molar-refractivity contribution in [3.05, 3.63) is 47.0 Å². The van der Waals surface area contributed by atoms with Crippen LogP contribution in [0, 0.1) is 0 Å². The molecule has 1 amide bonds. The average Bonchev–Trinajstić information content (AvgIpc) is 3.09. The van der Waals surface area contributed by atoms with Gasteiger partial charge in [0, 0.05) is 5.56 Å². The maximum Gasteiger partial charge on any atom is 0.416 e. The second kappa shape index (κ2) is 7.48. The third-order valence-electron chi connectivity index (χ3n) is 3.61. The van der Waals surface area contributed by atoms with E-state index in [0.29, 0.717) is 12.1 Å². The molecule has 0 radical (unpaired) electrons. The minimum absolute atomic E-state index is 0.0213. The first-order valence-electron chi connectivity index (χ1n) is 7.54. The standard InChI is InChI=1S/C15H13F6N5O2/c1-7(12-22-6-23-26(12)8(2)25-28)24-13(27)9-3-10(14(16,17)18)5-11(4-9)15(19,20)21/h3-7,28H,1-2H3,(H,24,27)/b25-8+. The van der Waals surface area contributed by atoms with Gasteiger partial charge in [-0.1, -0.05) is 5.16 Å². The first kappa shape index (κ1) is 21.2. The van der Waals surface area contributed by atoms with Gasteiger partial charge in [-0.05, 0) is 32.0 Å². The lowest BCUT2D eigenvalue weighted by Gasteiger charge is -2.16. The molecule has 0 fully saturated rings. The van der Waals surface area contributed by atoms with E-state index in [9.17, 15) is 31.1 Å². The summed E-state index contributed by atoms with van der Waals surface area (Å²) >= 11 is 0. The zero-order chi connectivity index (χ0) is 21.3. The molecule has 2 N–H and O–H groups in total. The Balaban J connectivity index is 2.38. The van der Waals surface area contributed by atoms with Crippen molar-refractivity contribution in [1.82, 2.24) is 20.1 Å². The van der Waals surface area contributed by atoms with Crippen LogP contribution in [0.5, 0.6) is 0 Å². The lowest BCUT2D eigenvalue weighted by atomic mass is 10.0. The summed E-state index contributed by atoms with van der Waals surface area (Å²) < 4.78 is 78.5. The van der Waals surface area contributed by atoms with E-state index in [1.165, 1.54) is 13.8 Å². The molecule has 0 aliphatic rings. The number of alkyl halides is 6. The lowest BCUT2D eigenvalue weighted by Crippen LogP contribution is -2.30. The van der Waals surface area contributed by atoms with Gasteiger partial charge >= 0.3 is 12.4 Å². The zero-order valence-electron chi connectivity index (χ0n) is 14.3. The smallest absolute Gasteiger partial charge is 0.409 e. The minimum atomic E-state index is -5.07. The Labute approximate surface area is 153 Å². The van der Waals surface area contributed by atoms with Crippen LogP contribution in [0.1, 0.15) is 47.2 Å². The summed E-state index contributed by atoms with van der Waals surface area (Å²) in [7, 11) is 0. The van der Waals surface area contributed by atoms with Gasteiger partial charge in [-0.25, -0.2) is 4.98 Å². The summed E-state index contributed by atoms with van der Waals surface area (Å²) in [5.41, 5.74) is -4.04. The maximum atomic E-state index is 12.9. The number of halogens is 6. The quantitative estimate of drug-likeness (QED) is 0.267. The first-order valence-corrected chi connectivity index (χ1v) is 7.54. The number of hydrogen-bond acceptors (Lipinski definition) is 5. The highest BCUT2D eigenvalue weighted by atomic mass is 19.4. The molecule has 13 heteroatoms. The molecule has 152 valence electrons. The summed E-state index contributed by atoms with van der Waals surface area (Å²) in [6, 6.07) is -0.404.